The van der Waals surface area contributed by atoms with Crippen LogP contribution in [0.1, 0.15) is 30.4 Å². The van der Waals surface area contributed by atoms with E-state index in [1.54, 1.807) is 0 Å². The van der Waals surface area contributed by atoms with Crippen molar-refractivity contribution < 1.29 is 4.74 Å². The van der Waals surface area contributed by atoms with Gasteiger partial charge in [-0.1, -0.05) is 0 Å². The van der Waals surface area contributed by atoms with Gasteiger partial charge in [0.05, 0.1) is 13.2 Å². The Morgan fingerprint density at radius 1 is 1.26 bits per heavy atom. The van der Waals surface area contributed by atoms with Crippen LogP contribution in [0.25, 0.3) is 0 Å². The number of rotatable bonds is 4. The number of aromatic nitrogens is 3. The quantitative estimate of drug-likeness (QED) is 0.829. The van der Waals surface area contributed by atoms with E-state index in [-0.39, 0.29) is 0 Å². The summed E-state index contributed by atoms with van der Waals surface area (Å²) in [7, 11) is 0. The second kappa shape index (κ2) is 5.98. The molecule has 0 spiro atoms. The van der Waals surface area contributed by atoms with Gasteiger partial charge in [-0.3, -0.25) is 4.90 Å². The number of hydrogen-bond donors (Lipinski definition) is 1. The second-order valence-electron chi connectivity index (χ2n) is 5.39. The summed E-state index contributed by atoms with van der Waals surface area (Å²) in [4.78, 5) is 7.12. The first-order valence-electron chi connectivity index (χ1n) is 7.30. The van der Waals surface area contributed by atoms with E-state index in [1.165, 1.54) is 6.42 Å². The fourth-order valence-electron chi connectivity index (χ4n) is 2.90. The molecule has 1 aromatic heterocycles. The van der Waals surface area contributed by atoms with Crippen LogP contribution in [0.3, 0.4) is 0 Å². The van der Waals surface area contributed by atoms with Crippen molar-refractivity contribution in [3.8, 4) is 0 Å². The van der Waals surface area contributed by atoms with Gasteiger partial charge in [-0.15, -0.1) is 0 Å². The molecule has 1 unspecified atom stereocenters. The molecular weight excluding hydrogens is 242 g/mol. The number of aryl methyl sites for hydroxylation is 1. The van der Waals surface area contributed by atoms with E-state index in [4.69, 9.17) is 15.5 Å². The van der Waals surface area contributed by atoms with Gasteiger partial charge >= 0.3 is 0 Å². The average Bonchev–Trinajstić information content (AvgIpc) is 2.89. The lowest BCUT2D eigenvalue weighted by Gasteiger charge is -2.25. The van der Waals surface area contributed by atoms with Gasteiger partial charge in [0.1, 0.15) is 5.82 Å². The summed E-state index contributed by atoms with van der Waals surface area (Å²) in [6.45, 7) is 6.46. The van der Waals surface area contributed by atoms with Crippen molar-refractivity contribution in [2.75, 3.05) is 39.4 Å². The largest absolute Gasteiger partial charge is 0.379 e. The molecule has 0 saturated carbocycles. The summed E-state index contributed by atoms with van der Waals surface area (Å²) in [5, 5.41) is 4.63. The van der Waals surface area contributed by atoms with Gasteiger partial charge < -0.3 is 10.5 Å². The van der Waals surface area contributed by atoms with Gasteiger partial charge in [-0.25, -0.2) is 9.67 Å². The minimum Gasteiger partial charge on any atom is -0.379 e. The van der Waals surface area contributed by atoms with E-state index < -0.39 is 0 Å². The van der Waals surface area contributed by atoms with E-state index in [9.17, 15) is 0 Å². The Bertz CT molecular complexity index is 413. The van der Waals surface area contributed by atoms with Crippen LogP contribution in [0, 0.1) is 0 Å². The lowest BCUT2D eigenvalue weighted by atomic mass is 10.00. The van der Waals surface area contributed by atoms with Crippen LogP contribution >= 0.6 is 0 Å². The van der Waals surface area contributed by atoms with Gasteiger partial charge in [-0.05, 0) is 12.8 Å². The first kappa shape index (κ1) is 13.0. The predicted octanol–water partition coefficient (Wildman–Crippen LogP) is -0.0111. The van der Waals surface area contributed by atoms with E-state index >= 15 is 0 Å². The molecule has 0 amide bonds. The smallest absolute Gasteiger partial charge is 0.152 e. The topological polar surface area (TPSA) is 69.2 Å². The van der Waals surface area contributed by atoms with Crippen molar-refractivity contribution >= 4 is 0 Å². The molecule has 6 nitrogen and oxygen atoms in total. The minimum absolute atomic E-state index is 0.401. The van der Waals surface area contributed by atoms with Gasteiger partial charge in [0.2, 0.25) is 0 Å². The van der Waals surface area contributed by atoms with Gasteiger partial charge in [0.15, 0.2) is 5.82 Å². The monoisotopic (exact) mass is 265 g/mol. The highest BCUT2D eigenvalue weighted by Crippen LogP contribution is 2.24. The van der Waals surface area contributed by atoms with Crippen molar-refractivity contribution in [1.29, 1.82) is 0 Å². The van der Waals surface area contributed by atoms with Crippen molar-refractivity contribution in [3.63, 3.8) is 0 Å². The number of fused-ring (bicyclic) bond motifs is 1. The second-order valence-corrected chi connectivity index (χ2v) is 5.39. The molecule has 3 rings (SSSR count). The molecule has 2 N–H and O–H groups in total. The maximum atomic E-state index is 5.81. The van der Waals surface area contributed by atoms with Crippen molar-refractivity contribution in [3.05, 3.63) is 11.6 Å². The maximum absolute atomic E-state index is 5.81. The molecule has 1 atom stereocenters. The van der Waals surface area contributed by atoms with E-state index in [1.807, 2.05) is 0 Å². The number of nitrogens with two attached hydrogens (primary N) is 1. The zero-order valence-electron chi connectivity index (χ0n) is 11.4. The maximum Gasteiger partial charge on any atom is 0.152 e. The van der Waals surface area contributed by atoms with Crippen LogP contribution in [0.15, 0.2) is 0 Å². The SMILES string of the molecule is NCC1CCCn2nc(CCN3CCOCC3)nc21. The Morgan fingerprint density at radius 2 is 2.11 bits per heavy atom. The Morgan fingerprint density at radius 3 is 2.89 bits per heavy atom. The molecule has 6 heteroatoms. The molecule has 0 radical (unpaired) electrons. The van der Waals surface area contributed by atoms with Gasteiger partial charge in [0, 0.05) is 45.1 Å². The fourth-order valence-corrected chi connectivity index (χ4v) is 2.90. The molecule has 2 aliphatic heterocycles. The minimum atomic E-state index is 0.401. The van der Waals surface area contributed by atoms with Crippen LogP contribution < -0.4 is 5.73 Å². The predicted molar refractivity (Wildman–Crippen MR) is 72.0 cm³/mol. The highest BCUT2D eigenvalue weighted by Gasteiger charge is 2.23. The molecule has 106 valence electrons. The van der Waals surface area contributed by atoms with Crippen molar-refractivity contribution in [2.45, 2.75) is 31.7 Å². The highest BCUT2D eigenvalue weighted by molar-refractivity contribution is 5.04. The standard InChI is InChI=1S/C13H23N5O/c14-10-11-2-1-4-18-13(11)15-12(16-18)3-5-17-6-8-19-9-7-17/h11H,1-10,14H2. The molecule has 0 bridgehead atoms. The van der Waals surface area contributed by atoms with Crippen LogP contribution in [-0.4, -0.2) is 59.1 Å². The van der Waals surface area contributed by atoms with Crippen molar-refractivity contribution in [2.24, 2.45) is 5.73 Å². The van der Waals surface area contributed by atoms with Crippen LogP contribution in [0.2, 0.25) is 0 Å². The third kappa shape index (κ3) is 2.96. The third-order valence-corrected chi connectivity index (χ3v) is 4.07. The van der Waals surface area contributed by atoms with Crippen LogP contribution in [0.4, 0.5) is 0 Å². The zero-order valence-corrected chi connectivity index (χ0v) is 11.4. The molecule has 0 aliphatic carbocycles. The Labute approximate surface area is 113 Å². The lowest BCUT2D eigenvalue weighted by molar-refractivity contribution is 0.0382. The Kier molecular flexibility index (Phi) is 4.10. The third-order valence-electron chi connectivity index (χ3n) is 4.07. The summed E-state index contributed by atoms with van der Waals surface area (Å²) in [5.41, 5.74) is 5.81. The zero-order chi connectivity index (χ0) is 13.1. The Hall–Kier alpha value is -0.980. The van der Waals surface area contributed by atoms with Gasteiger partial charge in [0.25, 0.3) is 0 Å². The summed E-state index contributed by atoms with van der Waals surface area (Å²) < 4.78 is 7.42. The number of ether oxygens (including phenoxy) is 1. The van der Waals surface area contributed by atoms with Crippen LogP contribution in [0.5, 0.6) is 0 Å². The van der Waals surface area contributed by atoms with Gasteiger partial charge in [-0.2, -0.15) is 5.10 Å². The molecular formula is C13H23N5O. The molecule has 19 heavy (non-hydrogen) atoms. The van der Waals surface area contributed by atoms with E-state index in [0.29, 0.717) is 12.5 Å². The average molecular weight is 265 g/mol. The molecule has 3 heterocycles. The number of nitrogens with zero attached hydrogens (tertiary/aromatic N) is 4. The molecule has 0 aromatic carbocycles. The number of morpholine rings is 1. The lowest BCUT2D eigenvalue weighted by Crippen LogP contribution is -2.37. The molecule has 2 aliphatic rings. The molecule has 1 fully saturated rings. The first-order valence-corrected chi connectivity index (χ1v) is 7.30. The van der Waals surface area contributed by atoms with E-state index in [2.05, 4.69) is 14.7 Å². The summed E-state index contributed by atoms with van der Waals surface area (Å²) in [6.07, 6.45) is 3.25. The summed E-state index contributed by atoms with van der Waals surface area (Å²) in [5.74, 6) is 2.48. The number of hydrogen-bond acceptors (Lipinski definition) is 5. The highest BCUT2D eigenvalue weighted by atomic mass is 16.5. The van der Waals surface area contributed by atoms with Crippen molar-refractivity contribution in [1.82, 2.24) is 19.7 Å². The summed E-state index contributed by atoms with van der Waals surface area (Å²) in [6, 6.07) is 0. The summed E-state index contributed by atoms with van der Waals surface area (Å²) >= 11 is 0. The Balaban J connectivity index is 1.60. The molecule has 1 saturated heterocycles. The van der Waals surface area contributed by atoms with E-state index in [0.717, 1.165) is 63.9 Å². The molecule has 1 aromatic rings. The fraction of sp³-hybridized carbons (Fsp3) is 0.846. The van der Waals surface area contributed by atoms with Crippen LogP contribution in [-0.2, 0) is 17.7 Å². The normalized spacial score (nSPS) is 24.4. The first-order chi connectivity index (χ1) is 9.36.